The van der Waals surface area contributed by atoms with Crippen molar-refractivity contribution in [3.05, 3.63) is 35.0 Å². The maximum absolute atomic E-state index is 5.52. The molecule has 0 bridgehead atoms. The van der Waals surface area contributed by atoms with Crippen LogP contribution >= 0.6 is 23.2 Å². The van der Waals surface area contributed by atoms with Crippen LogP contribution in [0, 0.1) is 0 Å². The van der Waals surface area contributed by atoms with Gasteiger partial charge in [-0.3, -0.25) is 0 Å². The van der Waals surface area contributed by atoms with E-state index in [9.17, 15) is 0 Å². The number of halogens is 2. The molecule has 0 saturated heterocycles. The van der Waals surface area contributed by atoms with E-state index in [4.69, 9.17) is 28.9 Å². The Morgan fingerprint density at radius 1 is 1.44 bits per heavy atom. The first-order valence-corrected chi connectivity index (χ1v) is 3.03. The highest BCUT2D eigenvalue weighted by atomic mass is 35.5. The largest absolute Gasteiger partial charge is 0.405 e. The molecular formula is C6H7Cl2N. The molecule has 9 heavy (non-hydrogen) atoms. The predicted molar refractivity (Wildman–Crippen MR) is 42.3 cm³/mol. The van der Waals surface area contributed by atoms with Crippen molar-refractivity contribution >= 4 is 23.2 Å². The number of hydrogen-bond donors (Lipinski definition) is 1. The summed E-state index contributed by atoms with van der Waals surface area (Å²) in [6.45, 7) is 3.40. The molecule has 1 nitrogen and oxygen atoms in total. The van der Waals surface area contributed by atoms with Crippen LogP contribution < -0.4 is 5.73 Å². The van der Waals surface area contributed by atoms with Crippen LogP contribution in [0.25, 0.3) is 0 Å². The standard InChI is InChI=1S/C6H7Cl2N/c1-5(7)6(8)3-2-4-9/h2-4H,1,9H2/b4-2-,6-3+. The summed E-state index contributed by atoms with van der Waals surface area (Å²) in [7, 11) is 0. The van der Waals surface area contributed by atoms with Crippen LogP contribution in [0.5, 0.6) is 0 Å². The Labute approximate surface area is 64.4 Å². The SMILES string of the molecule is C=C(Cl)/C(Cl)=C\C=C/N. The highest BCUT2D eigenvalue weighted by Crippen LogP contribution is 2.15. The van der Waals surface area contributed by atoms with Crippen LogP contribution in [-0.2, 0) is 0 Å². The molecule has 0 saturated carbocycles. The van der Waals surface area contributed by atoms with E-state index in [0.717, 1.165) is 0 Å². The minimum absolute atomic E-state index is 0.315. The van der Waals surface area contributed by atoms with Gasteiger partial charge in [-0.1, -0.05) is 29.8 Å². The van der Waals surface area contributed by atoms with E-state index in [2.05, 4.69) is 6.58 Å². The lowest BCUT2D eigenvalue weighted by Gasteiger charge is -1.87. The second-order valence-electron chi connectivity index (χ2n) is 1.30. The van der Waals surface area contributed by atoms with Crippen molar-refractivity contribution in [3.63, 3.8) is 0 Å². The highest BCUT2D eigenvalue weighted by Gasteiger charge is 1.89. The molecule has 2 N–H and O–H groups in total. The third-order valence-electron chi connectivity index (χ3n) is 0.613. The molecule has 0 aliphatic rings. The molecule has 0 rings (SSSR count). The van der Waals surface area contributed by atoms with Gasteiger partial charge in [0, 0.05) is 0 Å². The first-order valence-electron chi connectivity index (χ1n) is 2.27. The van der Waals surface area contributed by atoms with E-state index >= 15 is 0 Å². The molecule has 0 aromatic carbocycles. The number of hydrogen-bond acceptors (Lipinski definition) is 1. The Morgan fingerprint density at radius 2 is 2.00 bits per heavy atom. The van der Waals surface area contributed by atoms with Crippen molar-refractivity contribution < 1.29 is 0 Å². The quantitative estimate of drug-likeness (QED) is 0.622. The van der Waals surface area contributed by atoms with Crippen LogP contribution in [0.3, 0.4) is 0 Å². The van der Waals surface area contributed by atoms with E-state index in [1.807, 2.05) is 0 Å². The Hall–Kier alpha value is -0.400. The van der Waals surface area contributed by atoms with Crippen LogP contribution in [-0.4, -0.2) is 0 Å². The Bertz CT molecular complexity index is 158. The van der Waals surface area contributed by atoms with Crippen LogP contribution in [0.2, 0.25) is 0 Å². The molecule has 0 unspecified atom stereocenters. The molecular weight excluding hydrogens is 157 g/mol. The fourth-order valence-electron chi connectivity index (χ4n) is 0.230. The molecule has 0 aliphatic heterocycles. The smallest absolute Gasteiger partial charge is 0.0586 e. The highest BCUT2D eigenvalue weighted by molar-refractivity contribution is 6.43. The third-order valence-corrected chi connectivity index (χ3v) is 1.27. The minimum atomic E-state index is 0.315. The van der Waals surface area contributed by atoms with Crippen molar-refractivity contribution in [1.82, 2.24) is 0 Å². The van der Waals surface area contributed by atoms with E-state index in [1.165, 1.54) is 6.20 Å². The van der Waals surface area contributed by atoms with E-state index < -0.39 is 0 Å². The van der Waals surface area contributed by atoms with E-state index in [0.29, 0.717) is 10.1 Å². The van der Waals surface area contributed by atoms with Gasteiger partial charge < -0.3 is 5.73 Å². The summed E-state index contributed by atoms with van der Waals surface area (Å²) in [5.41, 5.74) is 5.02. The van der Waals surface area contributed by atoms with Crippen molar-refractivity contribution in [2.75, 3.05) is 0 Å². The van der Waals surface area contributed by atoms with E-state index in [1.54, 1.807) is 12.2 Å². The summed E-state index contributed by atoms with van der Waals surface area (Å²) in [6, 6.07) is 0. The molecule has 0 fully saturated rings. The first kappa shape index (κ1) is 8.60. The summed E-state index contributed by atoms with van der Waals surface area (Å²) >= 11 is 10.9. The molecule has 0 spiro atoms. The van der Waals surface area contributed by atoms with Crippen molar-refractivity contribution in [1.29, 1.82) is 0 Å². The molecule has 3 heteroatoms. The van der Waals surface area contributed by atoms with Gasteiger partial charge in [-0.15, -0.1) is 0 Å². The zero-order chi connectivity index (χ0) is 7.28. The molecule has 0 aromatic rings. The molecule has 50 valence electrons. The zero-order valence-corrected chi connectivity index (χ0v) is 6.28. The first-order chi connectivity index (χ1) is 4.18. The van der Waals surface area contributed by atoms with Gasteiger partial charge >= 0.3 is 0 Å². The maximum Gasteiger partial charge on any atom is 0.0586 e. The van der Waals surface area contributed by atoms with Gasteiger partial charge in [0.05, 0.1) is 10.1 Å². The topological polar surface area (TPSA) is 26.0 Å². The fourth-order valence-corrected chi connectivity index (χ4v) is 0.366. The van der Waals surface area contributed by atoms with Crippen molar-refractivity contribution in [3.8, 4) is 0 Å². The van der Waals surface area contributed by atoms with Gasteiger partial charge in [-0.2, -0.15) is 0 Å². The molecule has 0 radical (unpaired) electrons. The predicted octanol–water partition coefficient (Wildman–Crippen LogP) is 2.33. The summed E-state index contributed by atoms with van der Waals surface area (Å²) < 4.78 is 0. The van der Waals surface area contributed by atoms with E-state index in [-0.39, 0.29) is 0 Å². The Morgan fingerprint density at radius 3 is 2.33 bits per heavy atom. The molecule has 0 heterocycles. The lowest BCUT2D eigenvalue weighted by atomic mass is 10.4. The Balaban J connectivity index is 4.00. The summed E-state index contributed by atoms with van der Waals surface area (Å²) in [5.74, 6) is 0. The van der Waals surface area contributed by atoms with Crippen LogP contribution in [0.15, 0.2) is 35.0 Å². The minimum Gasteiger partial charge on any atom is -0.405 e. The van der Waals surface area contributed by atoms with Crippen molar-refractivity contribution in [2.45, 2.75) is 0 Å². The fraction of sp³-hybridized carbons (Fsp3) is 0. The van der Waals surface area contributed by atoms with Gasteiger partial charge in [-0.05, 0) is 18.4 Å². The molecule has 0 aromatic heterocycles. The normalized spacial score (nSPS) is 12.4. The number of rotatable bonds is 2. The maximum atomic E-state index is 5.52. The van der Waals surface area contributed by atoms with Gasteiger partial charge in [-0.25, -0.2) is 0 Å². The number of allylic oxidation sites excluding steroid dienone is 4. The van der Waals surface area contributed by atoms with Gasteiger partial charge in [0.2, 0.25) is 0 Å². The second kappa shape index (κ2) is 4.48. The van der Waals surface area contributed by atoms with Crippen molar-refractivity contribution in [2.24, 2.45) is 5.73 Å². The zero-order valence-electron chi connectivity index (χ0n) is 4.77. The monoisotopic (exact) mass is 163 g/mol. The third kappa shape index (κ3) is 4.13. The van der Waals surface area contributed by atoms with Gasteiger partial charge in [0.1, 0.15) is 0 Å². The van der Waals surface area contributed by atoms with Gasteiger partial charge in [0.15, 0.2) is 0 Å². The molecule has 0 atom stereocenters. The summed E-state index contributed by atoms with van der Waals surface area (Å²) in [4.78, 5) is 0. The van der Waals surface area contributed by atoms with Crippen LogP contribution in [0.1, 0.15) is 0 Å². The second-order valence-corrected chi connectivity index (χ2v) is 2.17. The molecule has 0 amide bonds. The average molecular weight is 164 g/mol. The number of nitrogens with two attached hydrogens (primary N) is 1. The summed E-state index contributed by atoms with van der Waals surface area (Å²) in [5, 5.41) is 0.716. The van der Waals surface area contributed by atoms with Gasteiger partial charge in [0.25, 0.3) is 0 Å². The summed E-state index contributed by atoms with van der Waals surface area (Å²) in [6.07, 6.45) is 4.51. The van der Waals surface area contributed by atoms with Crippen LogP contribution in [0.4, 0.5) is 0 Å². The lowest BCUT2D eigenvalue weighted by molar-refractivity contribution is 1.60. The molecule has 0 aliphatic carbocycles. The lowest BCUT2D eigenvalue weighted by Crippen LogP contribution is -1.74. The Kier molecular flexibility index (Phi) is 4.28. The average Bonchev–Trinajstić information content (AvgIpc) is 1.82.